The van der Waals surface area contributed by atoms with Crippen molar-refractivity contribution in [3.05, 3.63) is 59.7 Å². The van der Waals surface area contributed by atoms with Gasteiger partial charge in [0, 0.05) is 19.0 Å². The summed E-state index contributed by atoms with van der Waals surface area (Å²) in [4.78, 5) is 25.8. The standard InChI is InChI=1S/C24H27NO4/c1-24(2,22(26)27)16-11-13-25(14-12-16)23(28)29-15-21-19-9-5-3-7-17(19)18-8-4-6-10-20(18)21/h3-10,16,21H,11-15H2,1-2H3,(H,26,27). The molecule has 5 nitrogen and oxygen atoms in total. The number of benzene rings is 2. The van der Waals surface area contributed by atoms with Crippen LogP contribution in [0.4, 0.5) is 4.79 Å². The second kappa shape index (κ2) is 7.54. The van der Waals surface area contributed by atoms with Gasteiger partial charge < -0.3 is 14.7 Å². The van der Waals surface area contributed by atoms with Gasteiger partial charge in [0.25, 0.3) is 0 Å². The van der Waals surface area contributed by atoms with Crippen LogP contribution in [0.1, 0.15) is 43.7 Å². The number of ether oxygens (including phenoxy) is 1. The number of carbonyl (C=O) groups excluding carboxylic acids is 1. The van der Waals surface area contributed by atoms with E-state index in [1.54, 1.807) is 18.7 Å². The fourth-order valence-corrected chi connectivity index (χ4v) is 4.64. The molecule has 0 atom stereocenters. The molecule has 1 aliphatic carbocycles. The number of carboxylic acids is 1. The Morgan fingerprint density at radius 2 is 1.52 bits per heavy atom. The Morgan fingerprint density at radius 3 is 2.03 bits per heavy atom. The SMILES string of the molecule is CC(C)(C(=O)O)C1CCN(C(=O)OCC2c3ccccc3-c3ccccc32)CC1. The fourth-order valence-electron chi connectivity index (χ4n) is 4.64. The molecule has 5 heteroatoms. The van der Waals surface area contributed by atoms with E-state index in [0.717, 1.165) is 0 Å². The van der Waals surface area contributed by atoms with Gasteiger partial charge in [-0.15, -0.1) is 0 Å². The molecule has 1 heterocycles. The molecule has 2 aliphatic rings. The largest absolute Gasteiger partial charge is 0.481 e. The minimum atomic E-state index is -0.780. The van der Waals surface area contributed by atoms with E-state index in [0.29, 0.717) is 32.5 Å². The number of aliphatic carboxylic acids is 1. The van der Waals surface area contributed by atoms with Gasteiger partial charge in [0.05, 0.1) is 5.41 Å². The van der Waals surface area contributed by atoms with Crippen molar-refractivity contribution in [2.75, 3.05) is 19.7 Å². The molecular formula is C24H27NO4. The highest BCUT2D eigenvalue weighted by molar-refractivity contribution is 5.79. The number of amides is 1. The van der Waals surface area contributed by atoms with Crippen LogP contribution in [-0.2, 0) is 9.53 Å². The highest BCUT2D eigenvalue weighted by atomic mass is 16.6. The first-order valence-electron chi connectivity index (χ1n) is 10.2. The van der Waals surface area contributed by atoms with Gasteiger partial charge in [-0.05, 0) is 54.9 Å². The lowest BCUT2D eigenvalue weighted by molar-refractivity contribution is -0.151. The third-order valence-electron chi connectivity index (χ3n) is 6.66. The first-order chi connectivity index (χ1) is 13.9. The summed E-state index contributed by atoms with van der Waals surface area (Å²) in [6.45, 7) is 4.93. The van der Waals surface area contributed by atoms with Crippen molar-refractivity contribution in [3.8, 4) is 11.1 Å². The molecule has 1 saturated heterocycles. The van der Waals surface area contributed by atoms with E-state index in [1.165, 1.54) is 22.3 Å². The van der Waals surface area contributed by atoms with Crippen LogP contribution in [0.3, 0.4) is 0 Å². The Morgan fingerprint density at radius 1 is 1.00 bits per heavy atom. The highest BCUT2D eigenvalue weighted by Gasteiger charge is 2.39. The number of fused-ring (bicyclic) bond motifs is 3. The lowest BCUT2D eigenvalue weighted by Gasteiger charge is -2.37. The van der Waals surface area contributed by atoms with Gasteiger partial charge in [0.2, 0.25) is 0 Å². The minimum Gasteiger partial charge on any atom is -0.481 e. The van der Waals surface area contributed by atoms with Crippen LogP contribution in [0.5, 0.6) is 0 Å². The lowest BCUT2D eigenvalue weighted by atomic mass is 9.74. The minimum absolute atomic E-state index is 0.0508. The van der Waals surface area contributed by atoms with Gasteiger partial charge in [0.1, 0.15) is 6.61 Å². The molecule has 0 bridgehead atoms. The number of piperidine rings is 1. The van der Waals surface area contributed by atoms with Crippen molar-refractivity contribution < 1.29 is 19.4 Å². The van der Waals surface area contributed by atoms with Crippen LogP contribution >= 0.6 is 0 Å². The van der Waals surface area contributed by atoms with E-state index in [2.05, 4.69) is 24.3 Å². The second-order valence-corrected chi connectivity index (χ2v) is 8.59. The molecule has 2 aromatic rings. The van der Waals surface area contributed by atoms with Crippen LogP contribution in [-0.4, -0.2) is 41.8 Å². The molecule has 1 fully saturated rings. The number of hydrogen-bond acceptors (Lipinski definition) is 3. The van der Waals surface area contributed by atoms with Crippen molar-refractivity contribution in [2.45, 2.75) is 32.6 Å². The fraction of sp³-hybridized carbons (Fsp3) is 0.417. The smallest absolute Gasteiger partial charge is 0.409 e. The average molecular weight is 393 g/mol. The first-order valence-corrected chi connectivity index (χ1v) is 10.2. The van der Waals surface area contributed by atoms with Crippen molar-refractivity contribution in [3.63, 3.8) is 0 Å². The normalized spacial score (nSPS) is 17.0. The van der Waals surface area contributed by atoms with Gasteiger partial charge >= 0.3 is 12.1 Å². The molecule has 2 aromatic carbocycles. The van der Waals surface area contributed by atoms with Gasteiger partial charge in [-0.3, -0.25) is 4.79 Å². The van der Waals surface area contributed by atoms with Gasteiger partial charge in [-0.25, -0.2) is 4.79 Å². The lowest BCUT2D eigenvalue weighted by Crippen LogP contribution is -2.44. The van der Waals surface area contributed by atoms with E-state index in [1.807, 2.05) is 24.3 Å². The molecule has 1 amide bonds. The quantitative estimate of drug-likeness (QED) is 0.813. The van der Waals surface area contributed by atoms with Crippen LogP contribution in [0.25, 0.3) is 11.1 Å². The predicted molar refractivity (Wildman–Crippen MR) is 111 cm³/mol. The van der Waals surface area contributed by atoms with E-state index in [-0.39, 0.29) is 17.9 Å². The molecule has 152 valence electrons. The molecule has 29 heavy (non-hydrogen) atoms. The second-order valence-electron chi connectivity index (χ2n) is 8.59. The topological polar surface area (TPSA) is 66.8 Å². The maximum atomic E-state index is 12.7. The van der Waals surface area contributed by atoms with Crippen molar-refractivity contribution >= 4 is 12.1 Å². The number of nitrogens with zero attached hydrogens (tertiary/aromatic N) is 1. The Labute approximate surface area is 171 Å². The molecule has 0 saturated carbocycles. The summed E-state index contributed by atoms with van der Waals surface area (Å²) in [5.74, 6) is -0.662. The van der Waals surface area contributed by atoms with E-state index in [4.69, 9.17) is 4.74 Å². The predicted octanol–water partition coefficient (Wildman–Crippen LogP) is 4.76. The third-order valence-corrected chi connectivity index (χ3v) is 6.66. The Kier molecular flexibility index (Phi) is 5.07. The summed E-state index contributed by atoms with van der Waals surface area (Å²) in [5.41, 5.74) is 4.04. The van der Waals surface area contributed by atoms with Crippen molar-refractivity contribution in [1.29, 1.82) is 0 Å². The summed E-state index contributed by atoms with van der Waals surface area (Å²) in [7, 11) is 0. The molecular weight excluding hydrogens is 366 g/mol. The molecule has 1 N–H and O–H groups in total. The summed E-state index contributed by atoms with van der Waals surface area (Å²) >= 11 is 0. The monoisotopic (exact) mass is 393 g/mol. The Bertz CT molecular complexity index is 882. The van der Waals surface area contributed by atoms with Gasteiger partial charge in [0.15, 0.2) is 0 Å². The maximum absolute atomic E-state index is 12.7. The zero-order valence-corrected chi connectivity index (χ0v) is 16.9. The summed E-state index contributed by atoms with van der Waals surface area (Å²) in [6.07, 6.45) is 1.06. The highest BCUT2D eigenvalue weighted by Crippen LogP contribution is 2.44. The van der Waals surface area contributed by atoms with Crippen LogP contribution in [0.2, 0.25) is 0 Å². The number of rotatable bonds is 4. The van der Waals surface area contributed by atoms with Crippen molar-refractivity contribution in [2.24, 2.45) is 11.3 Å². The summed E-state index contributed by atoms with van der Waals surface area (Å²) in [6, 6.07) is 16.6. The van der Waals surface area contributed by atoms with E-state index in [9.17, 15) is 14.7 Å². The molecule has 0 radical (unpaired) electrons. The Hall–Kier alpha value is -2.82. The third kappa shape index (κ3) is 3.50. The van der Waals surface area contributed by atoms with Crippen LogP contribution in [0, 0.1) is 11.3 Å². The van der Waals surface area contributed by atoms with E-state index >= 15 is 0 Å². The van der Waals surface area contributed by atoms with Crippen LogP contribution < -0.4 is 0 Å². The molecule has 0 unspecified atom stereocenters. The molecule has 1 aliphatic heterocycles. The first kappa shape index (κ1) is 19.5. The summed E-state index contributed by atoms with van der Waals surface area (Å²) < 4.78 is 5.72. The summed E-state index contributed by atoms with van der Waals surface area (Å²) in [5, 5.41) is 9.43. The van der Waals surface area contributed by atoms with Crippen molar-refractivity contribution in [1.82, 2.24) is 4.90 Å². The number of carbonyl (C=O) groups is 2. The van der Waals surface area contributed by atoms with Gasteiger partial charge in [-0.1, -0.05) is 48.5 Å². The zero-order valence-electron chi connectivity index (χ0n) is 16.9. The molecule has 4 rings (SSSR count). The van der Waals surface area contributed by atoms with Crippen LogP contribution in [0.15, 0.2) is 48.5 Å². The number of carboxylic acid groups (broad SMARTS) is 1. The molecule has 0 spiro atoms. The molecule has 0 aromatic heterocycles. The Balaban J connectivity index is 1.39. The van der Waals surface area contributed by atoms with E-state index < -0.39 is 11.4 Å². The number of hydrogen-bond donors (Lipinski definition) is 1. The maximum Gasteiger partial charge on any atom is 0.409 e. The average Bonchev–Trinajstić information content (AvgIpc) is 3.06. The number of likely N-dealkylation sites (tertiary alicyclic amines) is 1. The van der Waals surface area contributed by atoms with Gasteiger partial charge in [-0.2, -0.15) is 0 Å². The zero-order chi connectivity index (χ0) is 20.6.